The summed E-state index contributed by atoms with van der Waals surface area (Å²) in [6, 6.07) is 13.7. The summed E-state index contributed by atoms with van der Waals surface area (Å²) in [5, 5.41) is 12.8. The molecule has 24 heavy (non-hydrogen) atoms. The summed E-state index contributed by atoms with van der Waals surface area (Å²) in [5.74, 6) is 0.623. The van der Waals surface area contributed by atoms with Crippen LogP contribution in [0, 0.1) is 0 Å². The highest BCUT2D eigenvalue weighted by atomic mass is 32.2. The van der Waals surface area contributed by atoms with E-state index in [-0.39, 0.29) is 0 Å². The summed E-state index contributed by atoms with van der Waals surface area (Å²) < 4.78 is 32.5. The van der Waals surface area contributed by atoms with Crippen LogP contribution in [0.3, 0.4) is 0 Å². The van der Waals surface area contributed by atoms with E-state index in [0.29, 0.717) is 28.3 Å². The van der Waals surface area contributed by atoms with Crippen LogP contribution in [0.1, 0.15) is 11.1 Å². The van der Waals surface area contributed by atoms with E-state index in [1.165, 1.54) is 14.1 Å². The van der Waals surface area contributed by atoms with Crippen molar-refractivity contribution in [2.24, 2.45) is 5.16 Å². The minimum atomic E-state index is -3.61. The largest absolute Gasteiger partial charge is 0.497 e. The number of ether oxygens (including phenoxy) is 1. The third-order valence-corrected chi connectivity index (χ3v) is 4.76. The molecule has 0 unspecified atom stereocenters. The molecule has 0 amide bonds. The van der Waals surface area contributed by atoms with Crippen LogP contribution in [0.15, 0.2) is 53.7 Å². The smallest absolute Gasteiger partial charge is 0.301 e. The molecule has 2 aromatic rings. The van der Waals surface area contributed by atoms with Crippen molar-refractivity contribution in [2.45, 2.75) is 0 Å². The number of nitrogens with zero attached hydrogens (tertiary/aromatic N) is 2. The molecule has 0 aliphatic rings. The Morgan fingerprint density at radius 2 is 1.75 bits per heavy atom. The summed E-state index contributed by atoms with van der Waals surface area (Å²) in [4.78, 5) is 0. The fraction of sp³-hybridized carbons (Fsp3) is 0.188. The van der Waals surface area contributed by atoms with Crippen LogP contribution in [0.5, 0.6) is 5.75 Å². The fourth-order valence-corrected chi connectivity index (χ4v) is 2.63. The second kappa shape index (κ2) is 7.33. The minimum Gasteiger partial charge on any atom is -0.497 e. The number of nitrogens with one attached hydrogen (secondary N) is 1. The molecule has 7 nitrogen and oxygen atoms in total. The highest BCUT2D eigenvalue weighted by molar-refractivity contribution is 7.90. The second-order valence-corrected chi connectivity index (χ2v) is 7.04. The van der Waals surface area contributed by atoms with E-state index in [1.807, 2.05) is 0 Å². The zero-order valence-corrected chi connectivity index (χ0v) is 14.4. The summed E-state index contributed by atoms with van der Waals surface area (Å²) >= 11 is 0. The van der Waals surface area contributed by atoms with E-state index in [0.717, 1.165) is 4.31 Å². The highest BCUT2D eigenvalue weighted by Gasteiger charge is 2.15. The molecule has 0 saturated carbocycles. The lowest BCUT2D eigenvalue weighted by Gasteiger charge is -2.14. The molecule has 0 fully saturated rings. The Bertz CT molecular complexity index is 848. The summed E-state index contributed by atoms with van der Waals surface area (Å²) in [6.07, 6.45) is 0. The third-order valence-electron chi connectivity index (χ3n) is 3.31. The van der Waals surface area contributed by atoms with E-state index in [1.54, 1.807) is 55.6 Å². The molecule has 0 radical (unpaired) electrons. The number of hydrogen-bond donors (Lipinski definition) is 2. The first-order chi connectivity index (χ1) is 11.4. The minimum absolute atomic E-state index is 0.305. The molecular formula is C16H19N3O4S. The van der Waals surface area contributed by atoms with Gasteiger partial charge in [-0.25, -0.2) is 0 Å². The molecule has 0 aliphatic heterocycles. The van der Waals surface area contributed by atoms with Crippen molar-refractivity contribution in [2.75, 3.05) is 25.9 Å². The van der Waals surface area contributed by atoms with Crippen molar-refractivity contribution in [1.82, 2.24) is 4.31 Å². The first kappa shape index (κ1) is 17.8. The lowest BCUT2D eigenvalue weighted by molar-refractivity contribution is 0.319. The van der Waals surface area contributed by atoms with Crippen LogP contribution < -0.4 is 9.46 Å². The molecular weight excluding hydrogens is 330 g/mol. The van der Waals surface area contributed by atoms with Crippen molar-refractivity contribution in [3.63, 3.8) is 0 Å². The van der Waals surface area contributed by atoms with Gasteiger partial charge in [-0.3, -0.25) is 4.72 Å². The van der Waals surface area contributed by atoms with Gasteiger partial charge in [-0.15, -0.1) is 0 Å². The Balaban J connectivity index is 2.39. The second-order valence-electron chi connectivity index (χ2n) is 5.15. The maximum absolute atomic E-state index is 11.9. The van der Waals surface area contributed by atoms with Gasteiger partial charge < -0.3 is 9.94 Å². The molecule has 0 saturated heterocycles. The Kier molecular flexibility index (Phi) is 5.42. The predicted molar refractivity (Wildman–Crippen MR) is 93.1 cm³/mol. The highest BCUT2D eigenvalue weighted by Crippen LogP contribution is 2.20. The van der Waals surface area contributed by atoms with Crippen molar-refractivity contribution in [1.29, 1.82) is 0 Å². The number of anilines is 1. The number of rotatable bonds is 6. The molecule has 0 spiro atoms. The van der Waals surface area contributed by atoms with E-state index in [2.05, 4.69) is 9.88 Å². The van der Waals surface area contributed by atoms with Gasteiger partial charge in [0.25, 0.3) is 0 Å². The average molecular weight is 349 g/mol. The average Bonchev–Trinajstić information content (AvgIpc) is 2.55. The fourth-order valence-electron chi connectivity index (χ4n) is 2.02. The Hall–Kier alpha value is -2.58. The predicted octanol–water partition coefficient (Wildman–Crippen LogP) is 2.14. The van der Waals surface area contributed by atoms with Crippen LogP contribution in [0.4, 0.5) is 5.69 Å². The zero-order valence-electron chi connectivity index (χ0n) is 13.6. The molecule has 2 aromatic carbocycles. The van der Waals surface area contributed by atoms with E-state index in [4.69, 9.17) is 4.74 Å². The normalized spacial score (nSPS) is 12.2. The number of hydrogen-bond acceptors (Lipinski definition) is 5. The standard InChI is InChI=1S/C16H19N3O4S/c1-19(2)24(21,22)18-14-8-4-6-12(10-14)16(17-20)13-7-5-9-15(11-13)23-3/h4-11,18,20H,1-3H3/b17-16-. The molecule has 0 aliphatic carbocycles. The lowest BCUT2D eigenvalue weighted by Crippen LogP contribution is -2.29. The molecule has 0 heterocycles. The topological polar surface area (TPSA) is 91.2 Å². The van der Waals surface area contributed by atoms with Gasteiger partial charge in [-0.2, -0.15) is 12.7 Å². The molecule has 0 aromatic heterocycles. The summed E-state index contributed by atoms with van der Waals surface area (Å²) in [5.41, 5.74) is 1.87. The molecule has 2 rings (SSSR count). The van der Waals surface area contributed by atoms with Crippen molar-refractivity contribution in [3.8, 4) is 5.75 Å². The SMILES string of the molecule is COc1cccc(/C(=N\O)c2cccc(NS(=O)(=O)N(C)C)c2)c1. The Labute approximate surface area is 141 Å². The van der Waals surface area contributed by atoms with E-state index >= 15 is 0 Å². The van der Waals surface area contributed by atoms with Gasteiger partial charge in [-0.1, -0.05) is 29.4 Å². The van der Waals surface area contributed by atoms with Crippen molar-refractivity contribution >= 4 is 21.6 Å². The molecule has 128 valence electrons. The Morgan fingerprint density at radius 1 is 1.12 bits per heavy atom. The monoisotopic (exact) mass is 349 g/mol. The molecule has 8 heteroatoms. The first-order valence-corrected chi connectivity index (χ1v) is 8.48. The maximum atomic E-state index is 11.9. The van der Waals surface area contributed by atoms with Crippen molar-refractivity contribution < 1.29 is 18.4 Å². The van der Waals surface area contributed by atoms with E-state index in [9.17, 15) is 13.6 Å². The van der Waals surface area contributed by atoms with Gasteiger partial charge >= 0.3 is 10.2 Å². The van der Waals surface area contributed by atoms with Crippen LogP contribution in [0.2, 0.25) is 0 Å². The number of methoxy groups -OCH3 is 1. The van der Waals surface area contributed by atoms with Crippen LogP contribution >= 0.6 is 0 Å². The number of oxime groups is 1. The Morgan fingerprint density at radius 3 is 2.33 bits per heavy atom. The van der Waals surface area contributed by atoms with Gasteiger partial charge in [0.1, 0.15) is 11.5 Å². The summed E-state index contributed by atoms with van der Waals surface area (Å²) in [7, 11) is 0.800. The van der Waals surface area contributed by atoms with Gasteiger partial charge in [-0.05, 0) is 24.3 Å². The summed E-state index contributed by atoms with van der Waals surface area (Å²) in [6.45, 7) is 0. The van der Waals surface area contributed by atoms with Crippen LogP contribution in [-0.2, 0) is 10.2 Å². The first-order valence-electron chi connectivity index (χ1n) is 7.04. The van der Waals surface area contributed by atoms with Crippen molar-refractivity contribution in [3.05, 3.63) is 59.7 Å². The zero-order chi connectivity index (χ0) is 17.7. The third kappa shape index (κ3) is 4.03. The van der Waals surface area contributed by atoms with Gasteiger partial charge in [0.05, 0.1) is 12.8 Å². The number of benzene rings is 2. The molecule has 0 bridgehead atoms. The van der Waals surface area contributed by atoms with E-state index < -0.39 is 10.2 Å². The molecule has 2 N–H and O–H groups in total. The quantitative estimate of drug-likeness (QED) is 0.475. The maximum Gasteiger partial charge on any atom is 0.301 e. The van der Waals surface area contributed by atoms with Crippen LogP contribution in [0.25, 0.3) is 0 Å². The van der Waals surface area contributed by atoms with Gasteiger partial charge in [0.2, 0.25) is 0 Å². The van der Waals surface area contributed by atoms with Gasteiger partial charge in [0.15, 0.2) is 0 Å². The lowest BCUT2D eigenvalue weighted by atomic mass is 10.0. The molecule has 0 atom stereocenters. The van der Waals surface area contributed by atoms with Crippen LogP contribution in [-0.4, -0.2) is 44.8 Å². The van der Waals surface area contributed by atoms with Gasteiger partial charge in [0, 0.05) is 25.2 Å².